The van der Waals surface area contributed by atoms with Crippen LogP contribution in [0.25, 0.3) is 0 Å². The van der Waals surface area contributed by atoms with Gasteiger partial charge in [-0.05, 0) is 50.4 Å². The predicted octanol–water partition coefficient (Wildman–Crippen LogP) is 3.30. The molecule has 106 valence electrons. The fraction of sp³-hybridized carbons (Fsp3) is 0.625. The normalized spacial score (nSPS) is 18.1. The van der Waals surface area contributed by atoms with E-state index < -0.39 is 0 Å². The molecular weight excluding hydrogens is 238 g/mol. The smallest absolute Gasteiger partial charge is 0.120 e. The summed E-state index contributed by atoms with van der Waals surface area (Å²) < 4.78 is 11.2. The van der Waals surface area contributed by atoms with E-state index in [0.717, 1.165) is 18.7 Å². The van der Waals surface area contributed by atoms with Crippen molar-refractivity contribution in [3.8, 4) is 5.75 Å². The molecule has 1 fully saturated rings. The average Bonchev–Trinajstić information content (AvgIpc) is 3.22. The van der Waals surface area contributed by atoms with Gasteiger partial charge in [-0.15, -0.1) is 0 Å². The highest BCUT2D eigenvalue weighted by atomic mass is 16.5. The van der Waals surface area contributed by atoms with Crippen molar-refractivity contribution in [1.82, 2.24) is 5.32 Å². The van der Waals surface area contributed by atoms with Gasteiger partial charge >= 0.3 is 0 Å². The van der Waals surface area contributed by atoms with E-state index in [1.54, 1.807) is 7.11 Å². The molecule has 1 aliphatic carbocycles. The Hall–Kier alpha value is -1.06. The van der Waals surface area contributed by atoms with Gasteiger partial charge in [0.25, 0.3) is 0 Å². The summed E-state index contributed by atoms with van der Waals surface area (Å²) in [5.74, 6) is 0.993. The summed E-state index contributed by atoms with van der Waals surface area (Å²) in [6, 6.07) is 8.77. The topological polar surface area (TPSA) is 30.5 Å². The van der Waals surface area contributed by atoms with E-state index in [0.29, 0.717) is 12.1 Å². The van der Waals surface area contributed by atoms with Gasteiger partial charge < -0.3 is 14.8 Å². The first kappa shape index (κ1) is 14.4. The van der Waals surface area contributed by atoms with E-state index in [1.165, 1.54) is 18.4 Å². The lowest BCUT2D eigenvalue weighted by Crippen LogP contribution is -2.25. The van der Waals surface area contributed by atoms with Crippen LogP contribution in [0, 0.1) is 0 Å². The lowest BCUT2D eigenvalue weighted by atomic mass is 10.0. The summed E-state index contributed by atoms with van der Waals surface area (Å²) in [6.45, 7) is 5.19. The van der Waals surface area contributed by atoms with Crippen molar-refractivity contribution >= 4 is 0 Å². The number of methoxy groups -OCH3 is 1. The Balaban J connectivity index is 2.05. The zero-order chi connectivity index (χ0) is 13.7. The van der Waals surface area contributed by atoms with Gasteiger partial charge in [0.2, 0.25) is 0 Å². The zero-order valence-corrected chi connectivity index (χ0v) is 12.2. The van der Waals surface area contributed by atoms with E-state index in [4.69, 9.17) is 9.47 Å². The Bertz CT molecular complexity index is 390. The van der Waals surface area contributed by atoms with Crippen LogP contribution in [0.5, 0.6) is 5.75 Å². The third kappa shape index (κ3) is 4.51. The van der Waals surface area contributed by atoms with Crippen LogP contribution < -0.4 is 10.1 Å². The van der Waals surface area contributed by atoms with Gasteiger partial charge in [-0.2, -0.15) is 0 Å². The van der Waals surface area contributed by atoms with Crippen molar-refractivity contribution in [2.45, 2.75) is 51.4 Å². The number of ether oxygens (including phenoxy) is 2. The maximum absolute atomic E-state index is 5.87. The fourth-order valence-electron chi connectivity index (χ4n) is 2.19. The fourth-order valence-corrected chi connectivity index (χ4v) is 2.19. The number of hydrogen-bond acceptors (Lipinski definition) is 3. The molecule has 0 radical (unpaired) electrons. The van der Waals surface area contributed by atoms with Crippen LogP contribution in [0.1, 0.15) is 44.7 Å². The maximum atomic E-state index is 5.87. The summed E-state index contributed by atoms with van der Waals surface area (Å²) in [4.78, 5) is 0. The first-order chi connectivity index (χ1) is 9.22. The van der Waals surface area contributed by atoms with Gasteiger partial charge in [0.15, 0.2) is 0 Å². The molecule has 1 saturated carbocycles. The third-order valence-electron chi connectivity index (χ3n) is 3.51. The molecule has 2 atom stereocenters. The van der Waals surface area contributed by atoms with E-state index in [-0.39, 0.29) is 6.10 Å². The molecule has 3 heteroatoms. The first-order valence-corrected chi connectivity index (χ1v) is 7.25. The minimum atomic E-state index is 0.247. The van der Waals surface area contributed by atoms with Crippen LogP contribution in [0.15, 0.2) is 24.3 Å². The molecule has 1 aliphatic rings. The average molecular weight is 263 g/mol. The molecule has 1 N–H and O–H groups in total. The van der Waals surface area contributed by atoms with Crippen LogP contribution in [-0.2, 0) is 4.74 Å². The van der Waals surface area contributed by atoms with Gasteiger partial charge in [-0.1, -0.05) is 19.1 Å². The van der Waals surface area contributed by atoms with Gasteiger partial charge in [-0.3, -0.25) is 0 Å². The molecule has 3 nitrogen and oxygen atoms in total. The first-order valence-electron chi connectivity index (χ1n) is 7.25. The van der Waals surface area contributed by atoms with Crippen molar-refractivity contribution in [3.63, 3.8) is 0 Å². The van der Waals surface area contributed by atoms with Crippen LogP contribution in [0.3, 0.4) is 0 Å². The van der Waals surface area contributed by atoms with E-state index >= 15 is 0 Å². The van der Waals surface area contributed by atoms with Crippen LogP contribution in [0.4, 0.5) is 0 Å². The Morgan fingerprint density at radius 3 is 2.79 bits per heavy atom. The van der Waals surface area contributed by atoms with Gasteiger partial charge in [0, 0.05) is 13.2 Å². The summed E-state index contributed by atoms with van der Waals surface area (Å²) in [7, 11) is 1.76. The second kappa shape index (κ2) is 6.92. The highest BCUT2D eigenvalue weighted by Gasteiger charge is 2.24. The number of benzene rings is 1. The highest BCUT2D eigenvalue weighted by Crippen LogP contribution is 2.29. The summed E-state index contributed by atoms with van der Waals surface area (Å²) in [6.07, 6.45) is 4.06. The van der Waals surface area contributed by atoms with Gasteiger partial charge in [-0.25, -0.2) is 0 Å². The lowest BCUT2D eigenvalue weighted by Gasteiger charge is -2.22. The van der Waals surface area contributed by atoms with Crippen molar-refractivity contribution in [1.29, 1.82) is 0 Å². The number of rotatable bonds is 8. The molecular formula is C16H25NO2. The molecule has 0 amide bonds. The van der Waals surface area contributed by atoms with Crippen LogP contribution >= 0.6 is 0 Å². The van der Waals surface area contributed by atoms with Gasteiger partial charge in [0.05, 0.1) is 12.2 Å². The standard InChI is InChI=1S/C16H25NO2/c1-4-17-16(10-12(2)18-3)13-6-5-7-15(11-13)19-14-8-9-14/h5-7,11-12,14,16-17H,4,8-10H2,1-3H3. The Kier molecular flexibility index (Phi) is 5.23. The highest BCUT2D eigenvalue weighted by molar-refractivity contribution is 5.31. The van der Waals surface area contributed by atoms with Crippen molar-refractivity contribution in [3.05, 3.63) is 29.8 Å². The van der Waals surface area contributed by atoms with Crippen molar-refractivity contribution in [2.24, 2.45) is 0 Å². The van der Waals surface area contributed by atoms with Crippen LogP contribution in [0.2, 0.25) is 0 Å². The minimum absolute atomic E-state index is 0.247. The van der Waals surface area contributed by atoms with Gasteiger partial charge in [0.1, 0.15) is 5.75 Å². The molecule has 1 aromatic carbocycles. The number of hydrogen-bond donors (Lipinski definition) is 1. The molecule has 0 spiro atoms. The summed E-state index contributed by atoms with van der Waals surface area (Å²) >= 11 is 0. The Morgan fingerprint density at radius 1 is 1.37 bits per heavy atom. The number of nitrogens with one attached hydrogen (secondary N) is 1. The van der Waals surface area contributed by atoms with Crippen LogP contribution in [-0.4, -0.2) is 25.9 Å². The molecule has 1 aromatic rings. The van der Waals surface area contributed by atoms with Crippen molar-refractivity contribution < 1.29 is 9.47 Å². The summed E-state index contributed by atoms with van der Waals surface area (Å²) in [5.41, 5.74) is 1.28. The minimum Gasteiger partial charge on any atom is -0.490 e. The molecule has 0 saturated heterocycles. The monoisotopic (exact) mass is 263 g/mol. The molecule has 0 aromatic heterocycles. The third-order valence-corrected chi connectivity index (χ3v) is 3.51. The van der Waals surface area contributed by atoms with Crippen molar-refractivity contribution in [2.75, 3.05) is 13.7 Å². The predicted molar refractivity (Wildman–Crippen MR) is 77.6 cm³/mol. The maximum Gasteiger partial charge on any atom is 0.120 e. The molecule has 0 aliphatic heterocycles. The largest absolute Gasteiger partial charge is 0.490 e. The Labute approximate surface area is 116 Å². The second-order valence-electron chi connectivity index (χ2n) is 5.28. The van der Waals surface area contributed by atoms with E-state index in [9.17, 15) is 0 Å². The quantitative estimate of drug-likeness (QED) is 0.780. The summed E-state index contributed by atoms with van der Waals surface area (Å²) in [5, 5.41) is 3.52. The lowest BCUT2D eigenvalue weighted by molar-refractivity contribution is 0.101. The molecule has 2 rings (SSSR count). The molecule has 0 heterocycles. The van der Waals surface area contributed by atoms with E-state index in [2.05, 4.69) is 37.4 Å². The molecule has 2 unspecified atom stereocenters. The second-order valence-corrected chi connectivity index (χ2v) is 5.28. The molecule has 19 heavy (non-hydrogen) atoms. The SMILES string of the molecule is CCNC(CC(C)OC)c1cccc(OC2CC2)c1. The molecule has 0 bridgehead atoms. The zero-order valence-electron chi connectivity index (χ0n) is 12.2. The van der Waals surface area contributed by atoms with E-state index in [1.807, 2.05) is 6.07 Å². The Morgan fingerprint density at radius 2 is 2.16 bits per heavy atom.